The molecule has 0 heterocycles. The van der Waals surface area contributed by atoms with Crippen molar-refractivity contribution in [3.05, 3.63) is 59.7 Å². The van der Waals surface area contributed by atoms with Crippen LogP contribution in [0.2, 0.25) is 0 Å². The first-order chi connectivity index (χ1) is 10.4. The van der Waals surface area contributed by atoms with Gasteiger partial charge in [-0.15, -0.1) is 0 Å². The number of fused-ring (bicyclic) bond motifs is 3. The average Bonchev–Trinajstić information content (AvgIpc) is 2.85. The summed E-state index contributed by atoms with van der Waals surface area (Å²) in [6, 6.07) is 18.0. The standard InChI is InChI=1S/C19H23NS/c1-21-14-8-2-7-13-20-19-17-11-5-3-9-15(17)16-10-4-6-12-18(16)19/h3-6,9-12,19-20H,2,7-8,13-14H2,1H3. The lowest BCUT2D eigenvalue weighted by Crippen LogP contribution is -2.21. The topological polar surface area (TPSA) is 12.0 Å². The lowest BCUT2D eigenvalue weighted by Gasteiger charge is -2.15. The van der Waals surface area contributed by atoms with E-state index in [9.17, 15) is 0 Å². The third-order valence-corrected chi connectivity index (χ3v) is 4.90. The molecule has 0 bridgehead atoms. The van der Waals surface area contributed by atoms with E-state index in [0.29, 0.717) is 6.04 Å². The minimum Gasteiger partial charge on any atom is -0.306 e. The van der Waals surface area contributed by atoms with Gasteiger partial charge in [0.25, 0.3) is 0 Å². The van der Waals surface area contributed by atoms with E-state index in [4.69, 9.17) is 0 Å². The van der Waals surface area contributed by atoms with Crippen LogP contribution in [0.15, 0.2) is 48.5 Å². The fourth-order valence-corrected chi connectivity index (χ4v) is 3.66. The minimum absolute atomic E-state index is 0.373. The van der Waals surface area contributed by atoms with Crippen molar-refractivity contribution in [2.75, 3.05) is 18.6 Å². The predicted molar refractivity (Wildman–Crippen MR) is 94.0 cm³/mol. The highest BCUT2D eigenvalue weighted by Crippen LogP contribution is 2.42. The van der Waals surface area contributed by atoms with Crippen LogP contribution >= 0.6 is 11.8 Å². The molecular formula is C19H23NS. The van der Waals surface area contributed by atoms with Gasteiger partial charge >= 0.3 is 0 Å². The van der Waals surface area contributed by atoms with E-state index in [-0.39, 0.29) is 0 Å². The van der Waals surface area contributed by atoms with Gasteiger partial charge in [0.2, 0.25) is 0 Å². The molecular weight excluding hydrogens is 274 g/mol. The van der Waals surface area contributed by atoms with Crippen molar-refractivity contribution >= 4 is 11.8 Å². The molecule has 21 heavy (non-hydrogen) atoms. The predicted octanol–water partition coefficient (Wildman–Crippen LogP) is 4.88. The molecule has 0 unspecified atom stereocenters. The molecule has 0 atom stereocenters. The highest BCUT2D eigenvalue weighted by atomic mass is 32.2. The van der Waals surface area contributed by atoms with Gasteiger partial charge in [-0.3, -0.25) is 0 Å². The van der Waals surface area contributed by atoms with Crippen molar-refractivity contribution < 1.29 is 0 Å². The SMILES string of the molecule is CSCCCCCNC1c2ccccc2-c2ccccc21. The van der Waals surface area contributed by atoms with Gasteiger partial charge in [-0.1, -0.05) is 55.0 Å². The maximum atomic E-state index is 3.76. The lowest BCUT2D eigenvalue weighted by atomic mass is 10.1. The van der Waals surface area contributed by atoms with Gasteiger partial charge in [-0.25, -0.2) is 0 Å². The van der Waals surface area contributed by atoms with Crippen LogP contribution < -0.4 is 5.32 Å². The Balaban J connectivity index is 1.68. The van der Waals surface area contributed by atoms with E-state index < -0.39 is 0 Å². The average molecular weight is 297 g/mol. The smallest absolute Gasteiger partial charge is 0.0588 e. The quantitative estimate of drug-likeness (QED) is 0.731. The molecule has 0 spiro atoms. The Morgan fingerprint density at radius 1 is 0.857 bits per heavy atom. The molecule has 1 N–H and O–H groups in total. The van der Waals surface area contributed by atoms with Crippen LogP contribution in [0.25, 0.3) is 11.1 Å². The summed E-state index contributed by atoms with van der Waals surface area (Å²) in [4.78, 5) is 0. The number of rotatable bonds is 7. The normalized spacial score (nSPS) is 13.2. The van der Waals surface area contributed by atoms with Gasteiger partial charge < -0.3 is 5.32 Å². The third-order valence-electron chi connectivity index (χ3n) is 4.21. The van der Waals surface area contributed by atoms with Gasteiger partial charge in [-0.05, 0) is 53.6 Å². The summed E-state index contributed by atoms with van der Waals surface area (Å²) < 4.78 is 0. The first kappa shape index (κ1) is 14.7. The molecule has 1 aliphatic rings. The van der Waals surface area contributed by atoms with E-state index in [1.807, 2.05) is 11.8 Å². The maximum absolute atomic E-state index is 3.76. The second-order valence-electron chi connectivity index (χ2n) is 5.62. The Morgan fingerprint density at radius 3 is 2.10 bits per heavy atom. The molecule has 0 amide bonds. The minimum atomic E-state index is 0.373. The van der Waals surface area contributed by atoms with Gasteiger partial charge in [0.15, 0.2) is 0 Å². The Kier molecular flexibility index (Phi) is 5.00. The summed E-state index contributed by atoms with van der Waals surface area (Å²) in [5, 5.41) is 3.76. The zero-order valence-electron chi connectivity index (χ0n) is 12.6. The maximum Gasteiger partial charge on any atom is 0.0588 e. The molecule has 0 aromatic heterocycles. The monoisotopic (exact) mass is 297 g/mol. The van der Waals surface area contributed by atoms with Crippen molar-refractivity contribution in [3.8, 4) is 11.1 Å². The number of hydrogen-bond acceptors (Lipinski definition) is 2. The van der Waals surface area contributed by atoms with Crippen molar-refractivity contribution in [1.82, 2.24) is 5.32 Å². The number of nitrogens with one attached hydrogen (secondary N) is 1. The molecule has 110 valence electrons. The number of thioether (sulfide) groups is 1. The second kappa shape index (κ2) is 7.15. The lowest BCUT2D eigenvalue weighted by molar-refractivity contribution is 0.573. The fourth-order valence-electron chi connectivity index (χ4n) is 3.17. The van der Waals surface area contributed by atoms with Gasteiger partial charge in [-0.2, -0.15) is 11.8 Å². The third kappa shape index (κ3) is 3.17. The summed E-state index contributed by atoms with van der Waals surface area (Å²) >= 11 is 1.95. The Morgan fingerprint density at radius 2 is 1.48 bits per heavy atom. The second-order valence-corrected chi connectivity index (χ2v) is 6.60. The van der Waals surface area contributed by atoms with Crippen molar-refractivity contribution in [2.45, 2.75) is 25.3 Å². The van der Waals surface area contributed by atoms with Crippen LogP contribution in [0.4, 0.5) is 0 Å². The summed E-state index contributed by atoms with van der Waals surface area (Å²) in [7, 11) is 0. The van der Waals surface area contributed by atoms with Crippen LogP contribution in [-0.2, 0) is 0 Å². The summed E-state index contributed by atoms with van der Waals surface area (Å²) in [6.45, 7) is 1.10. The number of hydrogen-bond donors (Lipinski definition) is 1. The first-order valence-electron chi connectivity index (χ1n) is 7.82. The molecule has 0 saturated carbocycles. The van der Waals surface area contributed by atoms with E-state index >= 15 is 0 Å². The molecule has 2 aromatic carbocycles. The molecule has 3 rings (SSSR count). The zero-order valence-corrected chi connectivity index (χ0v) is 13.5. The van der Waals surface area contributed by atoms with Crippen LogP contribution in [0.1, 0.15) is 36.4 Å². The van der Waals surface area contributed by atoms with Gasteiger partial charge in [0, 0.05) is 0 Å². The molecule has 0 radical (unpaired) electrons. The van der Waals surface area contributed by atoms with Crippen LogP contribution in [0, 0.1) is 0 Å². The molecule has 1 nitrogen and oxygen atoms in total. The molecule has 0 fully saturated rings. The first-order valence-corrected chi connectivity index (χ1v) is 9.22. The number of unbranched alkanes of at least 4 members (excludes halogenated alkanes) is 2. The van der Waals surface area contributed by atoms with Gasteiger partial charge in [0.05, 0.1) is 6.04 Å². The summed E-state index contributed by atoms with van der Waals surface area (Å²) in [6.07, 6.45) is 6.11. The van der Waals surface area contributed by atoms with Crippen molar-refractivity contribution in [2.24, 2.45) is 0 Å². The highest BCUT2D eigenvalue weighted by molar-refractivity contribution is 7.98. The van der Waals surface area contributed by atoms with Crippen LogP contribution in [0.3, 0.4) is 0 Å². The molecule has 0 aliphatic heterocycles. The summed E-state index contributed by atoms with van der Waals surface area (Å²) in [5.41, 5.74) is 5.66. The zero-order chi connectivity index (χ0) is 14.5. The molecule has 1 aliphatic carbocycles. The molecule has 2 aromatic rings. The fraction of sp³-hybridized carbons (Fsp3) is 0.368. The summed E-state index contributed by atoms with van der Waals surface area (Å²) in [5.74, 6) is 1.29. The van der Waals surface area contributed by atoms with Crippen molar-refractivity contribution in [3.63, 3.8) is 0 Å². The van der Waals surface area contributed by atoms with E-state index in [2.05, 4.69) is 60.1 Å². The van der Waals surface area contributed by atoms with Crippen LogP contribution in [0.5, 0.6) is 0 Å². The Labute approximate surface area is 132 Å². The Hall–Kier alpha value is -1.25. The van der Waals surface area contributed by atoms with Gasteiger partial charge in [0.1, 0.15) is 0 Å². The Bertz CT molecular complexity index is 548. The van der Waals surface area contributed by atoms with Crippen molar-refractivity contribution in [1.29, 1.82) is 0 Å². The number of benzene rings is 2. The largest absolute Gasteiger partial charge is 0.306 e. The molecule has 2 heteroatoms. The van der Waals surface area contributed by atoms with E-state index in [0.717, 1.165) is 6.54 Å². The van der Waals surface area contributed by atoms with E-state index in [1.54, 1.807) is 0 Å². The van der Waals surface area contributed by atoms with Crippen LogP contribution in [-0.4, -0.2) is 18.6 Å². The highest BCUT2D eigenvalue weighted by Gasteiger charge is 2.26. The molecule has 0 saturated heterocycles. The van der Waals surface area contributed by atoms with E-state index in [1.165, 1.54) is 47.3 Å².